The molecule has 1 fully saturated rings. The first-order chi connectivity index (χ1) is 8.86. The standard InChI is InChI=1S/C7H7ClNO2S.C4H7NO2.Na/c1-6-2-4-7(5-3-6)12(10,11)9-8;6-3-1-2-5-4(3)7;/h2-5H,1H3;3,6H,1-2H2,(H,5,7);/q-1;;+1. The Morgan fingerprint density at radius 3 is 2.20 bits per heavy atom. The van der Waals surface area contributed by atoms with E-state index < -0.39 is 16.1 Å². The van der Waals surface area contributed by atoms with Crippen LogP contribution in [0.1, 0.15) is 12.0 Å². The number of hydrogen-bond donors (Lipinski definition) is 2. The number of sulfonamides is 1. The van der Waals surface area contributed by atoms with Gasteiger partial charge in [-0.2, -0.15) is 0 Å². The van der Waals surface area contributed by atoms with Gasteiger partial charge in [-0.1, -0.05) is 17.7 Å². The Labute approximate surface area is 145 Å². The molecule has 1 aliphatic heterocycles. The number of carbonyl (C=O) groups is 1. The summed E-state index contributed by atoms with van der Waals surface area (Å²) in [7, 11) is -3.62. The van der Waals surface area contributed by atoms with Crippen molar-refractivity contribution >= 4 is 27.7 Å². The van der Waals surface area contributed by atoms with E-state index in [9.17, 15) is 13.2 Å². The summed E-state index contributed by atoms with van der Waals surface area (Å²) in [6.45, 7) is 2.49. The first kappa shape index (κ1) is 19.9. The monoisotopic (exact) mass is 328 g/mol. The maximum absolute atomic E-state index is 11.0. The summed E-state index contributed by atoms with van der Waals surface area (Å²) in [4.78, 5) is 10.3. The summed E-state index contributed by atoms with van der Waals surface area (Å²) >= 11 is 4.90. The Balaban J connectivity index is 0.000000387. The van der Waals surface area contributed by atoms with Crippen molar-refractivity contribution in [3.05, 3.63) is 34.1 Å². The maximum atomic E-state index is 11.0. The molecule has 1 aliphatic rings. The summed E-state index contributed by atoms with van der Waals surface area (Å²) < 4.78 is 24.8. The molecule has 106 valence electrons. The first-order valence-electron chi connectivity index (χ1n) is 5.47. The molecule has 2 N–H and O–H groups in total. The van der Waals surface area contributed by atoms with Crippen molar-refractivity contribution in [3.8, 4) is 0 Å². The van der Waals surface area contributed by atoms with Gasteiger partial charge in [0.1, 0.15) is 16.1 Å². The average molecular weight is 329 g/mol. The van der Waals surface area contributed by atoms with Gasteiger partial charge in [-0.25, -0.2) is 8.42 Å². The molecular formula is C11H14ClN2NaO4S. The molecule has 0 bridgehead atoms. The molecule has 20 heavy (non-hydrogen) atoms. The maximum Gasteiger partial charge on any atom is 1.00 e. The van der Waals surface area contributed by atoms with Gasteiger partial charge in [0, 0.05) is 11.4 Å². The number of hydrogen-bond acceptors (Lipinski definition) is 4. The molecule has 0 aromatic heterocycles. The zero-order valence-electron chi connectivity index (χ0n) is 11.2. The van der Waals surface area contributed by atoms with E-state index in [-0.39, 0.29) is 40.4 Å². The van der Waals surface area contributed by atoms with Crippen molar-refractivity contribution in [1.29, 1.82) is 0 Å². The number of aryl methyl sites for hydroxylation is 1. The normalized spacial score (nSPS) is 17.6. The summed E-state index contributed by atoms with van der Waals surface area (Å²) in [6, 6.07) is 6.32. The first-order valence-corrected chi connectivity index (χ1v) is 7.25. The molecule has 1 atom stereocenters. The topological polar surface area (TPSA) is 97.6 Å². The molecule has 1 aromatic rings. The number of benzene rings is 1. The van der Waals surface area contributed by atoms with E-state index in [4.69, 9.17) is 16.9 Å². The fourth-order valence-corrected chi connectivity index (χ4v) is 2.13. The average Bonchev–Trinajstić information content (AvgIpc) is 2.75. The van der Waals surface area contributed by atoms with Crippen LogP contribution in [-0.2, 0) is 14.8 Å². The summed E-state index contributed by atoms with van der Waals surface area (Å²) in [5.41, 5.74) is 0.989. The van der Waals surface area contributed by atoms with Gasteiger partial charge >= 0.3 is 29.6 Å². The molecule has 1 aromatic carbocycles. The fraction of sp³-hybridized carbons (Fsp3) is 0.364. The number of nitrogens with zero attached hydrogens (tertiary/aromatic N) is 1. The van der Waals surface area contributed by atoms with Crippen molar-refractivity contribution in [2.45, 2.75) is 24.3 Å². The number of amides is 1. The molecule has 1 heterocycles. The van der Waals surface area contributed by atoms with Crippen molar-refractivity contribution in [3.63, 3.8) is 0 Å². The van der Waals surface area contributed by atoms with E-state index >= 15 is 0 Å². The number of aliphatic hydroxyl groups is 1. The molecule has 6 nitrogen and oxygen atoms in total. The van der Waals surface area contributed by atoms with Crippen LogP contribution in [-0.4, -0.2) is 32.1 Å². The minimum Gasteiger partial charge on any atom is -0.458 e. The van der Waals surface area contributed by atoms with Crippen LogP contribution < -0.4 is 34.9 Å². The van der Waals surface area contributed by atoms with Crippen molar-refractivity contribution in [1.82, 2.24) is 5.32 Å². The van der Waals surface area contributed by atoms with Gasteiger partial charge in [0.25, 0.3) is 0 Å². The van der Waals surface area contributed by atoms with Gasteiger partial charge in [0.05, 0.1) is 0 Å². The zero-order chi connectivity index (χ0) is 14.5. The van der Waals surface area contributed by atoms with E-state index in [0.717, 1.165) is 5.56 Å². The summed E-state index contributed by atoms with van der Waals surface area (Å²) in [5, 5.41) is 11.1. The van der Waals surface area contributed by atoms with Gasteiger partial charge in [-0.15, -0.1) is 0 Å². The van der Waals surface area contributed by atoms with Gasteiger partial charge in [-0.3, -0.25) is 16.6 Å². The van der Waals surface area contributed by atoms with Crippen LogP contribution in [0.2, 0.25) is 0 Å². The minimum absolute atomic E-state index is 0. The number of aliphatic hydroxyl groups excluding tert-OH is 1. The molecule has 2 rings (SSSR count). The van der Waals surface area contributed by atoms with Crippen molar-refractivity contribution in [2.24, 2.45) is 0 Å². The molecule has 0 aliphatic carbocycles. The van der Waals surface area contributed by atoms with Crippen molar-refractivity contribution in [2.75, 3.05) is 6.54 Å². The van der Waals surface area contributed by atoms with E-state index in [2.05, 4.69) is 9.56 Å². The SMILES string of the molecule is Cc1ccc(S(=O)(=O)[N-]Cl)cc1.O=C1NCCC1O.[Na+]. The molecule has 1 saturated heterocycles. The number of rotatable bonds is 2. The van der Waals surface area contributed by atoms with Crippen LogP contribution in [0.3, 0.4) is 0 Å². The molecule has 9 heteroatoms. The number of carbonyl (C=O) groups excluding carboxylic acids is 1. The summed E-state index contributed by atoms with van der Waals surface area (Å²) in [5.74, 6) is -0.236. The Morgan fingerprint density at radius 1 is 1.35 bits per heavy atom. The Kier molecular flexibility index (Phi) is 8.92. The largest absolute Gasteiger partial charge is 1.00 e. The molecule has 0 spiro atoms. The fourth-order valence-electron chi connectivity index (χ4n) is 1.33. The van der Waals surface area contributed by atoms with Gasteiger partial charge in [0.2, 0.25) is 5.91 Å². The Bertz CT molecular complexity index is 536. The van der Waals surface area contributed by atoms with E-state index in [1.807, 2.05) is 6.92 Å². The molecule has 1 unspecified atom stereocenters. The van der Waals surface area contributed by atoms with Crippen LogP contribution in [0.25, 0.3) is 4.24 Å². The quantitative estimate of drug-likeness (QED) is 0.619. The number of halogens is 1. The van der Waals surface area contributed by atoms with Crippen LogP contribution in [0, 0.1) is 6.92 Å². The van der Waals surface area contributed by atoms with Gasteiger partial charge in [0.15, 0.2) is 0 Å². The van der Waals surface area contributed by atoms with E-state index in [0.29, 0.717) is 13.0 Å². The smallest absolute Gasteiger partial charge is 0.458 e. The van der Waals surface area contributed by atoms with E-state index in [1.165, 1.54) is 12.1 Å². The third-order valence-corrected chi connectivity index (χ3v) is 4.02. The molecule has 1 amide bonds. The van der Waals surface area contributed by atoms with Crippen LogP contribution in [0.4, 0.5) is 0 Å². The molecule has 0 radical (unpaired) electrons. The van der Waals surface area contributed by atoms with Crippen LogP contribution in [0.15, 0.2) is 29.2 Å². The van der Waals surface area contributed by atoms with Crippen molar-refractivity contribution < 1.29 is 47.9 Å². The second-order valence-corrected chi connectivity index (χ2v) is 5.93. The third kappa shape index (κ3) is 6.09. The second-order valence-electron chi connectivity index (χ2n) is 3.95. The molecular weight excluding hydrogens is 315 g/mol. The van der Waals surface area contributed by atoms with Crippen LogP contribution in [0.5, 0.6) is 0 Å². The third-order valence-electron chi connectivity index (χ3n) is 2.43. The Hall–Kier alpha value is -0.150. The predicted octanol–water partition coefficient (Wildman–Crippen LogP) is -1.92. The second kappa shape index (κ2) is 8.99. The molecule has 0 saturated carbocycles. The predicted molar refractivity (Wildman–Crippen MR) is 71.2 cm³/mol. The van der Waals surface area contributed by atoms with E-state index in [1.54, 1.807) is 12.1 Å². The Morgan fingerprint density at radius 2 is 1.90 bits per heavy atom. The number of nitrogens with one attached hydrogen (secondary N) is 1. The van der Waals surface area contributed by atoms with Gasteiger partial charge < -0.3 is 14.7 Å². The van der Waals surface area contributed by atoms with Gasteiger partial charge in [-0.05, 0) is 25.5 Å². The zero-order valence-corrected chi connectivity index (χ0v) is 14.8. The van der Waals surface area contributed by atoms with Crippen LogP contribution >= 0.6 is 11.8 Å². The summed E-state index contributed by atoms with van der Waals surface area (Å²) in [6.07, 6.45) is -0.168. The minimum atomic E-state index is -3.62.